The SMILES string of the molecule is Cc1ccc(C(=O)Nc2nc3ccc(C(=O)N4CCCC4)cc3s2)cc1. The quantitative estimate of drug-likeness (QED) is 0.760. The number of carbonyl (C=O) groups is 2. The lowest BCUT2D eigenvalue weighted by molar-refractivity contribution is 0.0792. The molecular weight excluding hydrogens is 346 g/mol. The smallest absolute Gasteiger partial charge is 0.257 e. The second-order valence-electron chi connectivity index (χ2n) is 6.52. The first kappa shape index (κ1) is 16.7. The Morgan fingerprint density at radius 3 is 2.46 bits per heavy atom. The second kappa shape index (κ2) is 6.88. The topological polar surface area (TPSA) is 62.3 Å². The molecule has 2 heterocycles. The van der Waals surface area contributed by atoms with Crippen molar-refractivity contribution < 1.29 is 9.59 Å². The number of amides is 2. The van der Waals surface area contributed by atoms with Crippen molar-refractivity contribution in [2.45, 2.75) is 19.8 Å². The summed E-state index contributed by atoms with van der Waals surface area (Å²) in [6, 6.07) is 12.9. The molecule has 2 amide bonds. The van der Waals surface area contributed by atoms with Crippen LogP contribution in [0.15, 0.2) is 42.5 Å². The maximum atomic E-state index is 12.5. The van der Waals surface area contributed by atoms with Gasteiger partial charge >= 0.3 is 0 Å². The summed E-state index contributed by atoms with van der Waals surface area (Å²) < 4.78 is 0.897. The highest BCUT2D eigenvalue weighted by Gasteiger charge is 2.20. The normalized spacial score (nSPS) is 14.0. The molecule has 1 N–H and O–H groups in total. The van der Waals surface area contributed by atoms with Crippen LogP contribution in [0.4, 0.5) is 5.13 Å². The molecule has 0 radical (unpaired) electrons. The van der Waals surface area contributed by atoms with Crippen LogP contribution >= 0.6 is 11.3 Å². The average Bonchev–Trinajstić information content (AvgIpc) is 3.30. The number of aromatic nitrogens is 1. The van der Waals surface area contributed by atoms with Crippen molar-refractivity contribution in [1.29, 1.82) is 0 Å². The summed E-state index contributed by atoms with van der Waals surface area (Å²) in [5.41, 5.74) is 3.17. The van der Waals surface area contributed by atoms with Crippen LogP contribution < -0.4 is 5.32 Å². The predicted octanol–water partition coefficient (Wildman–Crippen LogP) is 4.09. The number of likely N-dealkylation sites (tertiary alicyclic amines) is 1. The highest BCUT2D eigenvalue weighted by molar-refractivity contribution is 7.22. The van der Waals surface area contributed by atoms with Gasteiger partial charge in [-0.3, -0.25) is 14.9 Å². The van der Waals surface area contributed by atoms with Crippen LogP contribution in [0.2, 0.25) is 0 Å². The van der Waals surface area contributed by atoms with E-state index in [0.717, 1.165) is 41.7 Å². The van der Waals surface area contributed by atoms with Gasteiger partial charge in [0.25, 0.3) is 11.8 Å². The number of carbonyl (C=O) groups excluding carboxylic acids is 2. The van der Waals surface area contributed by atoms with Crippen molar-refractivity contribution in [2.75, 3.05) is 18.4 Å². The van der Waals surface area contributed by atoms with E-state index < -0.39 is 0 Å². The minimum atomic E-state index is -0.183. The standard InChI is InChI=1S/C20H19N3O2S/c1-13-4-6-14(7-5-13)18(24)22-20-21-16-9-8-15(12-17(16)26-20)19(25)23-10-2-3-11-23/h4-9,12H,2-3,10-11H2,1H3,(H,21,22,24). The van der Waals surface area contributed by atoms with Gasteiger partial charge in [0, 0.05) is 24.2 Å². The zero-order valence-electron chi connectivity index (χ0n) is 14.5. The number of nitrogens with one attached hydrogen (secondary N) is 1. The Labute approximate surface area is 155 Å². The average molecular weight is 365 g/mol. The lowest BCUT2D eigenvalue weighted by atomic mass is 10.1. The summed E-state index contributed by atoms with van der Waals surface area (Å²) in [6.45, 7) is 3.64. The summed E-state index contributed by atoms with van der Waals surface area (Å²) in [5.74, 6) is -0.111. The van der Waals surface area contributed by atoms with Gasteiger partial charge in [-0.2, -0.15) is 0 Å². The summed E-state index contributed by atoms with van der Waals surface area (Å²) >= 11 is 1.38. The van der Waals surface area contributed by atoms with Crippen LogP contribution in [0.3, 0.4) is 0 Å². The molecule has 0 aliphatic carbocycles. The Hall–Kier alpha value is -2.73. The van der Waals surface area contributed by atoms with Gasteiger partial charge < -0.3 is 4.90 Å². The first-order chi connectivity index (χ1) is 12.6. The molecule has 5 nitrogen and oxygen atoms in total. The van der Waals surface area contributed by atoms with Gasteiger partial charge in [0.2, 0.25) is 0 Å². The molecule has 1 fully saturated rings. The number of anilines is 1. The third kappa shape index (κ3) is 3.32. The molecule has 0 saturated carbocycles. The highest BCUT2D eigenvalue weighted by atomic mass is 32.1. The number of hydrogen-bond acceptors (Lipinski definition) is 4. The highest BCUT2D eigenvalue weighted by Crippen LogP contribution is 2.28. The Bertz CT molecular complexity index is 972. The van der Waals surface area contributed by atoms with Gasteiger partial charge in [-0.05, 0) is 50.1 Å². The van der Waals surface area contributed by atoms with E-state index in [2.05, 4.69) is 10.3 Å². The second-order valence-corrected chi connectivity index (χ2v) is 7.55. The van der Waals surface area contributed by atoms with E-state index in [4.69, 9.17) is 0 Å². The van der Waals surface area contributed by atoms with Crippen molar-refractivity contribution >= 4 is 38.5 Å². The number of nitrogens with zero attached hydrogens (tertiary/aromatic N) is 2. The Balaban J connectivity index is 1.54. The number of rotatable bonds is 3. The molecule has 2 aromatic carbocycles. The molecule has 3 aromatic rings. The molecule has 6 heteroatoms. The first-order valence-corrected chi connectivity index (χ1v) is 9.50. The molecule has 0 atom stereocenters. The van der Waals surface area contributed by atoms with Crippen LogP contribution in [-0.2, 0) is 0 Å². The van der Waals surface area contributed by atoms with E-state index >= 15 is 0 Å². The lowest BCUT2D eigenvalue weighted by Crippen LogP contribution is -2.27. The predicted molar refractivity (Wildman–Crippen MR) is 104 cm³/mol. The van der Waals surface area contributed by atoms with Crippen molar-refractivity contribution in [3.8, 4) is 0 Å². The van der Waals surface area contributed by atoms with E-state index in [-0.39, 0.29) is 11.8 Å². The van der Waals surface area contributed by atoms with Crippen LogP contribution in [0.25, 0.3) is 10.2 Å². The minimum Gasteiger partial charge on any atom is -0.339 e. The van der Waals surface area contributed by atoms with Gasteiger partial charge in [0.15, 0.2) is 5.13 Å². The number of benzene rings is 2. The third-order valence-corrected chi connectivity index (χ3v) is 5.50. The van der Waals surface area contributed by atoms with Crippen LogP contribution in [0.5, 0.6) is 0 Å². The van der Waals surface area contributed by atoms with Gasteiger partial charge in [0.05, 0.1) is 10.2 Å². The van der Waals surface area contributed by atoms with E-state index in [0.29, 0.717) is 16.3 Å². The number of aryl methyl sites for hydroxylation is 1. The Morgan fingerprint density at radius 1 is 1.04 bits per heavy atom. The zero-order valence-corrected chi connectivity index (χ0v) is 15.3. The third-order valence-electron chi connectivity index (χ3n) is 4.56. The molecule has 1 aliphatic rings. The Morgan fingerprint density at radius 2 is 1.73 bits per heavy atom. The summed E-state index contributed by atoms with van der Waals surface area (Å²) in [4.78, 5) is 31.2. The van der Waals surface area contributed by atoms with E-state index in [1.807, 2.05) is 42.2 Å². The molecule has 1 saturated heterocycles. The van der Waals surface area contributed by atoms with E-state index in [1.165, 1.54) is 11.3 Å². The monoisotopic (exact) mass is 365 g/mol. The van der Waals surface area contributed by atoms with Crippen molar-refractivity contribution in [3.63, 3.8) is 0 Å². The summed E-state index contributed by atoms with van der Waals surface area (Å²) in [5, 5.41) is 3.38. The van der Waals surface area contributed by atoms with Crippen LogP contribution in [-0.4, -0.2) is 34.8 Å². The van der Waals surface area contributed by atoms with Crippen molar-refractivity contribution in [1.82, 2.24) is 9.88 Å². The fraction of sp³-hybridized carbons (Fsp3) is 0.250. The van der Waals surface area contributed by atoms with Crippen molar-refractivity contribution in [3.05, 3.63) is 59.2 Å². The fourth-order valence-electron chi connectivity index (χ4n) is 3.09. The minimum absolute atomic E-state index is 0.0723. The van der Waals surface area contributed by atoms with Gasteiger partial charge in [-0.25, -0.2) is 4.98 Å². The molecule has 0 spiro atoms. The van der Waals surface area contributed by atoms with E-state index in [1.54, 1.807) is 12.1 Å². The number of thiazole rings is 1. The number of fused-ring (bicyclic) bond motifs is 1. The summed E-state index contributed by atoms with van der Waals surface area (Å²) in [6.07, 6.45) is 2.15. The van der Waals surface area contributed by atoms with Gasteiger partial charge in [0.1, 0.15) is 0 Å². The Kier molecular flexibility index (Phi) is 4.42. The molecule has 1 aromatic heterocycles. The van der Waals surface area contributed by atoms with Gasteiger partial charge in [-0.1, -0.05) is 29.0 Å². The lowest BCUT2D eigenvalue weighted by Gasteiger charge is -2.14. The summed E-state index contributed by atoms with van der Waals surface area (Å²) in [7, 11) is 0. The molecule has 132 valence electrons. The molecule has 0 bridgehead atoms. The van der Waals surface area contributed by atoms with Gasteiger partial charge in [-0.15, -0.1) is 0 Å². The molecular formula is C20H19N3O2S. The maximum absolute atomic E-state index is 12.5. The fourth-order valence-corrected chi connectivity index (χ4v) is 3.99. The molecule has 26 heavy (non-hydrogen) atoms. The molecule has 0 unspecified atom stereocenters. The zero-order chi connectivity index (χ0) is 18.1. The van der Waals surface area contributed by atoms with Crippen LogP contribution in [0.1, 0.15) is 39.1 Å². The number of hydrogen-bond donors (Lipinski definition) is 1. The first-order valence-electron chi connectivity index (χ1n) is 8.68. The van der Waals surface area contributed by atoms with E-state index in [9.17, 15) is 9.59 Å². The molecule has 1 aliphatic heterocycles. The largest absolute Gasteiger partial charge is 0.339 e. The van der Waals surface area contributed by atoms with Crippen LogP contribution in [0, 0.1) is 6.92 Å². The van der Waals surface area contributed by atoms with Crippen molar-refractivity contribution in [2.24, 2.45) is 0 Å². The molecule has 4 rings (SSSR count). The maximum Gasteiger partial charge on any atom is 0.257 e.